The monoisotopic (exact) mass is 382 g/mol. The molecule has 8 heteroatoms. The van der Waals surface area contributed by atoms with Crippen LogP contribution in [-0.4, -0.2) is 41.0 Å². The number of thiazole rings is 1. The van der Waals surface area contributed by atoms with Gasteiger partial charge >= 0.3 is 0 Å². The van der Waals surface area contributed by atoms with E-state index in [1.165, 1.54) is 0 Å². The van der Waals surface area contributed by atoms with E-state index in [9.17, 15) is 4.79 Å². The molecule has 1 aromatic rings. The Bertz CT molecular complexity index is 488. The third kappa shape index (κ3) is 6.93. The summed E-state index contributed by atoms with van der Waals surface area (Å²) in [6.45, 7) is 9.22. The van der Waals surface area contributed by atoms with Gasteiger partial charge in [-0.25, -0.2) is 4.98 Å². The molecular weight excluding hydrogens is 355 g/mol. The SMILES string of the molecule is Cc1nc(CN2CCC(C(=O)NC(C)(C)CN)CC2)cs1.Cl.Cl. The summed E-state index contributed by atoms with van der Waals surface area (Å²) in [7, 11) is 0. The topological polar surface area (TPSA) is 71.2 Å². The smallest absolute Gasteiger partial charge is 0.223 e. The van der Waals surface area contributed by atoms with Gasteiger partial charge in [0.1, 0.15) is 0 Å². The van der Waals surface area contributed by atoms with Crippen molar-refractivity contribution in [2.75, 3.05) is 19.6 Å². The molecule has 1 aliphatic heterocycles. The molecule has 2 heterocycles. The molecule has 1 aromatic heterocycles. The number of piperidine rings is 1. The zero-order chi connectivity index (χ0) is 15.5. The van der Waals surface area contributed by atoms with Crippen LogP contribution < -0.4 is 11.1 Å². The number of carbonyl (C=O) groups is 1. The molecule has 1 amide bonds. The van der Waals surface area contributed by atoms with Crippen molar-refractivity contribution in [3.8, 4) is 0 Å². The number of likely N-dealkylation sites (tertiary alicyclic amines) is 1. The number of hydrogen-bond donors (Lipinski definition) is 2. The molecule has 0 unspecified atom stereocenters. The van der Waals surface area contributed by atoms with Crippen LogP contribution in [0.3, 0.4) is 0 Å². The van der Waals surface area contributed by atoms with Crippen LogP contribution in [0.1, 0.15) is 37.4 Å². The lowest BCUT2D eigenvalue weighted by molar-refractivity contribution is -0.128. The van der Waals surface area contributed by atoms with Gasteiger partial charge in [0.15, 0.2) is 0 Å². The van der Waals surface area contributed by atoms with Gasteiger partial charge in [0.05, 0.1) is 10.7 Å². The van der Waals surface area contributed by atoms with E-state index < -0.39 is 0 Å². The van der Waals surface area contributed by atoms with Crippen LogP contribution in [0.25, 0.3) is 0 Å². The van der Waals surface area contributed by atoms with Crippen molar-refractivity contribution in [3.63, 3.8) is 0 Å². The van der Waals surface area contributed by atoms with Crippen molar-refractivity contribution in [3.05, 3.63) is 16.1 Å². The van der Waals surface area contributed by atoms with E-state index in [1.54, 1.807) is 11.3 Å². The minimum atomic E-state index is -0.313. The van der Waals surface area contributed by atoms with Crippen molar-refractivity contribution in [1.82, 2.24) is 15.2 Å². The molecule has 0 aromatic carbocycles. The van der Waals surface area contributed by atoms with Crippen LogP contribution in [0.4, 0.5) is 0 Å². The third-order valence-corrected chi connectivity index (χ3v) is 4.80. The van der Waals surface area contributed by atoms with Gasteiger partial charge in [0.25, 0.3) is 0 Å². The molecule has 134 valence electrons. The number of nitrogens with one attached hydrogen (secondary N) is 1. The van der Waals surface area contributed by atoms with Crippen molar-refractivity contribution < 1.29 is 4.79 Å². The van der Waals surface area contributed by atoms with Gasteiger partial charge in [-0.1, -0.05) is 0 Å². The van der Waals surface area contributed by atoms with Crippen LogP contribution in [0, 0.1) is 12.8 Å². The summed E-state index contributed by atoms with van der Waals surface area (Å²) in [6, 6.07) is 0. The Morgan fingerprint density at radius 1 is 1.43 bits per heavy atom. The first-order valence-corrected chi connectivity index (χ1v) is 8.43. The Balaban J connectivity index is 0.00000242. The predicted molar refractivity (Wildman–Crippen MR) is 101 cm³/mol. The van der Waals surface area contributed by atoms with E-state index in [-0.39, 0.29) is 42.2 Å². The lowest BCUT2D eigenvalue weighted by atomic mass is 9.94. The Morgan fingerprint density at radius 3 is 2.52 bits per heavy atom. The van der Waals surface area contributed by atoms with Gasteiger partial charge in [0.2, 0.25) is 5.91 Å². The Hall–Kier alpha value is -0.400. The minimum Gasteiger partial charge on any atom is -0.350 e. The summed E-state index contributed by atoms with van der Waals surface area (Å²) in [6.07, 6.45) is 1.82. The van der Waals surface area contributed by atoms with E-state index in [1.807, 2.05) is 20.8 Å². The molecule has 1 fully saturated rings. The number of halogens is 2. The summed E-state index contributed by atoms with van der Waals surface area (Å²) in [4.78, 5) is 19.1. The fourth-order valence-corrected chi connectivity index (χ4v) is 3.15. The standard InChI is InChI=1S/C15H26N4OS.2ClH/c1-11-17-13(9-21-11)8-19-6-4-12(5-7-19)14(20)18-15(2,3)10-16;;/h9,12H,4-8,10,16H2,1-3H3,(H,18,20);2*1H. The molecular formula is C15H28Cl2N4OS. The van der Waals surface area contributed by atoms with Crippen molar-refractivity contribution >= 4 is 42.1 Å². The first kappa shape index (κ1) is 22.6. The maximum atomic E-state index is 12.2. The molecule has 0 atom stereocenters. The number of rotatable bonds is 5. The molecule has 0 spiro atoms. The molecule has 0 saturated carbocycles. The quantitative estimate of drug-likeness (QED) is 0.819. The molecule has 5 nitrogen and oxygen atoms in total. The number of nitrogens with zero attached hydrogens (tertiary/aromatic N) is 2. The molecule has 1 aliphatic rings. The second kappa shape index (κ2) is 9.79. The fraction of sp³-hybridized carbons (Fsp3) is 0.733. The molecule has 23 heavy (non-hydrogen) atoms. The van der Waals surface area contributed by atoms with Crippen LogP contribution in [0.2, 0.25) is 0 Å². The summed E-state index contributed by atoms with van der Waals surface area (Å²) >= 11 is 1.69. The molecule has 0 aliphatic carbocycles. The summed E-state index contributed by atoms with van der Waals surface area (Å²) in [5.41, 5.74) is 6.50. The van der Waals surface area contributed by atoms with Crippen LogP contribution in [0.15, 0.2) is 5.38 Å². The predicted octanol–water partition coefficient (Wildman–Crippen LogP) is 2.36. The highest BCUT2D eigenvalue weighted by atomic mass is 35.5. The second-order valence-electron chi connectivity index (χ2n) is 6.49. The maximum absolute atomic E-state index is 12.2. The second-order valence-corrected chi connectivity index (χ2v) is 7.55. The number of nitrogens with two attached hydrogens (primary N) is 1. The zero-order valence-electron chi connectivity index (χ0n) is 14.0. The van der Waals surface area contributed by atoms with Gasteiger partial charge in [-0.05, 0) is 46.7 Å². The first-order valence-electron chi connectivity index (χ1n) is 7.55. The van der Waals surface area contributed by atoms with Crippen LogP contribution >= 0.6 is 36.2 Å². The van der Waals surface area contributed by atoms with Crippen molar-refractivity contribution in [2.45, 2.75) is 45.7 Å². The molecule has 1 saturated heterocycles. The minimum absolute atomic E-state index is 0. The van der Waals surface area contributed by atoms with Crippen molar-refractivity contribution in [1.29, 1.82) is 0 Å². The Kier molecular flexibility index (Phi) is 9.62. The Morgan fingerprint density at radius 2 is 2.04 bits per heavy atom. The molecule has 0 radical (unpaired) electrons. The molecule has 2 rings (SSSR count). The number of amides is 1. The first-order chi connectivity index (χ1) is 9.89. The van der Waals surface area contributed by atoms with E-state index in [0.29, 0.717) is 6.54 Å². The highest BCUT2D eigenvalue weighted by Crippen LogP contribution is 2.20. The normalized spacial score (nSPS) is 16.3. The molecule has 3 N–H and O–H groups in total. The number of aryl methyl sites for hydroxylation is 1. The van der Waals surface area contributed by atoms with E-state index >= 15 is 0 Å². The molecule has 0 bridgehead atoms. The number of hydrogen-bond acceptors (Lipinski definition) is 5. The lowest BCUT2D eigenvalue weighted by Gasteiger charge is -2.33. The van der Waals surface area contributed by atoms with Gasteiger partial charge in [-0.3, -0.25) is 9.69 Å². The highest BCUT2D eigenvalue weighted by molar-refractivity contribution is 7.09. The summed E-state index contributed by atoms with van der Waals surface area (Å²) in [5, 5.41) is 6.29. The van der Waals surface area contributed by atoms with Gasteiger partial charge < -0.3 is 11.1 Å². The van der Waals surface area contributed by atoms with Crippen LogP contribution in [0.5, 0.6) is 0 Å². The third-order valence-electron chi connectivity index (χ3n) is 3.98. The lowest BCUT2D eigenvalue weighted by Crippen LogP contribution is -2.52. The van der Waals surface area contributed by atoms with E-state index in [4.69, 9.17) is 5.73 Å². The van der Waals surface area contributed by atoms with E-state index in [2.05, 4.69) is 20.6 Å². The number of aromatic nitrogens is 1. The van der Waals surface area contributed by atoms with Crippen molar-refractivity contribution in [2.24, 2.45) is 11.7 Å². The van der Waals surface area contributed by atoms with Gasteiger partial charge in [-0.15, -0.1) is 36.2 Å². The average Bonchev–Trinajstić information content (AvgIpc) is 2.84. The number of carbonyl (C=O) groups excluding carboxylic acids is 1. The highest BCUT2D eigenvalue weighted by Gasteiger charge is 2.28. The average molecular weight is 383 g/mol. The fourth-order valence-electron chi connectivity index (χ4n) is 2.55. The van der Waals surface area contributed by atoms with Gasteiger partial charge in [0, 0.05) is 29.9 Å². The zero-order valence-corrected chi connectivity index (χ0v) is 16.5. The van der Waals surface area contributed by atoms with Gasteiger partial charge in [-0.2, -0.15) is 0 Å². The van der Waals surface area contributed by atoms with Crippen LogP contribution in [-0.2, 0) is 11.3 Å². The largest absolute Gasteiger partial charge is 0.350 e. The summed E-state index contributed by atoms with van der Waals surface area (Å²) < 4.78 is 0. The van der Waals surface area contributed by atoms with E-state index in [0.717, 1.165) is 43.2 Å². The summed E-state index contributed by atoms with van der Waals surface area (Å²) in [5.74, 6) is 0.263. The Labute approximate surface area is 155 Å². The maximum Gasteiger partial charge on any atom is 0.223 e.